The van der Waals surface area contributed by atoms with Crippen LogP contribution in [0.4, 0.5) is 0 Å². The molecule has 1 fully saturated rings. The third-order valence-electron chi connectivity index (χ3n) is 1.82. The highest BCUT2D eigenvalue weighted by molar-refractivity contribution is 4.79. The number of hydrogen-bond donors (Lipinski definition) is 2. The van der Waals surface area contributed by atoms with Crippen molar-refractivity contribution in [3.05, 3.63) is 0 Å². The molecule has 1 aliphatic rings. The number of nitrogens with zero attached hydrogens (tertiary/aromatic N) is 1. The van der Waals surface area contributed by atoms with Gasteiger partial charge in [0.25, 0.3) is 0 Å². The van der Waals surface area contributed by atoms with Gasteiger partial charge in [-0.1, -0.05) is 6.42 Å². The average Bonchev–Trinajstić information content (AvgIpc) is 2.17. The number of nitriles is 1. The van der Waals surface area contributed by atoms with E-state index in [2.05, 4.69) is 10.6 Å². The lowest BCUT2D eigenvalue weighted by molar-refractivity contribution is 0.540. The molecule has 0 spiro atoms. The standard InChI is InChI=1S/C7H13N3/c8-6-10-7-3-1-2-4-9-5-7/h7,9-10H,1-5H2. The van der Waals surface area contributed by atoms with Crippen LogP contribution >= 0.6 is 0 Å². The zero-order chi connectivity index (χ0) is 7.23. The average molecular weight is 139 g/mol. The van der Waals surface area contributed by atoms with E-state index in [1.807, 2.05) is 6.19 Å². The fourth-order valence-electron chi connectivity index (χ4n) is 1.23. The van der Waals surface area contributed by atoms with Gasteiger partial charge in [-0.3, -0.25) is 0 Å². The molecule has 1 saturated heterocycles. The van der Waals surface area contributed by atoms with E-state index in [0.717, 1.165) is 19.5 Å². The molecule has 0 radical (unpaired) electrons. The van der Waals surface area contributed by atoms with Gasteiger partial charge < -0.3 is 10.6 Å². The van der Waals surface area contributed by atoms with Gasteiger partial charge in [0.05, 0.1) is 0 Å². The molecule has 0 bridgehead atoms. The van der Waals surface area contributed by atoms with E-state index in [1.165, 1.54) is 12.8 Å². The topological polar surface area (TPSA) is 47.9 Å². The Morgan fingerprint density at radius 1 is 1.50 bits per heavy atom. The Morgan fingerprint density at radius 2 is 2.40 bits per heavy atom. The van der Waals surface area contributed by atoms with Crippen molar-refractivity contribution in [2.75, 3.05) is 13.1 Å². The first kappa shape index (κ1) is 7.36. The van der Waals surface area contributed by atoms with Crippen molar-refractivity contribution in [2.45, 2.75) is 25.3 Å². The van der Waals surface area contributed by atoms with Crippen LogP contribution in [0.1, 0.15) is 19.3 Å². The van der Waals surface area contributed by atoms with Crippen LogP contribution in [0, 0.1) is 11.5 Å². The maximum Gasteiger partial charge on any atom is 0.176 e. The predicted molar refractivity (Wildman–Crippen MR) is 39.3 cm³/mol. The van der Waals surface area contributed by atoms with Crippen LogP contribution in [0.2, 0.25) is 0 Å². The van der Waals surface area contributed by atoms with Crippen molar-refractivity contribution in [1.82, 2.24) is 10.6 Å². The molecule has 1 heterocycles. The first-order valence-electron chi connectivity index (χ1n) is 3.79. The molecule has 10 heavy (non-hydrogen) atoms. The summed E-state index contributed by atoms with van der Waals surface area (Å²) in [7, 11) is 0. The Kier molecular flexibility index (Phi) is 3.04. The van der Waals surface area contributed by atoms with E-state index in [1.54, 1.807) is 0 Å². The molecule has 1 aliphatic heterocycles. The summed E-state index contributed by atoms with van der Waals surface area (Å²) in [5.74, 6) is 0. The molecule has 2 N–H and O–H groups in total. The maximum atomic E-state index is 8.32. The summed E-state index contributed by atoms with van der Waals surface area (Å²) in [6, 6.07) is 0.368. The Labute approximate surface area is 61.4 Å². The van der Waals surface area contributed by atoms with Crippen molar-refractivity contribution < 1.29 is 0 Å². The van der Waals surface area contributed by atoms with Gasteiger partial charge in [0, 0.05) is 12.6 Å². The smallest absolute Gasteiger partial charge is 0.176 e. The quantitative estimate of drug-likeness (QED) is 0.403. The van der Waals surface area contributed by atoms with E-state index in [4.69, 9.17) is 5.26 Å². The number of rotatable bonds is 1. The van der Waals surface area contributed by atoms with Crippen LogP contribution in [0.5, 0.6) is 0 Å². The number of nitrogens with one attached hydrogen (secondary N) is 2. The van der Waals surface area contributed by atoms with Crippen LogP contribution < -0.4 is 10.6 Å². The fraction of sp³-hybridized carbons (Fsp3) is 0.857. The predicted octanol–water partition coefficient (Wildman–Crippen LogP) is 0.199. The van der Waals surface area contributed by atoms with Crippen molar-refractivity contribution in [3.8, 4) is 6.19 Å². The summed E-state index contributed by atoms with van der Waals surface area (Å²) < 4.78 is 0. The first-order valence-corrected chi connectivity index (χ1v) is 3.79. The van der Waals surface area contributed by atoms with Gasteiger partial charge in [-0.2, -0.15) is 5.26 Å². The molecular formula is C7H13N3. The van der Waals surface area contributed by atoms with Crippen molar-refractivity contribution in [1.29, 1.82) is 5.26 Å². The lowest BCUT2D eigenvalue weighted by atomic mass is 10.1. The Bertz CT molecular complexity index is 119. The Morgan fingerprint density at radius 3 is 3.20 bits per heavy atom. The minimum atomic E-state index is 0.368. The normalized spacial score (nSPS) is 26.5. The molecule has 1 atom stereocenters. The van der Waals surface area contributed by atoms with Gasteiger partial charge in [0.1, 0.15) is 0 Å². The van der Waals surface area contributed by atoms with Gasteiger partial charge in [-0.25, -0.2) is 0 Å². The van der Waals surface area contributed by atoms with E-state index in [0.29, 0.717) is 6.04 Å². The first-order chi connectivity index (χ1) is 4.93. The van der Waals surface area contributed by atoms with E-state index >= 15 is 0 Å². The molecule has 0 aromatic carbocycles. The van der Waals surface area contributed by atoms with Gasteiger partial charge in [0.15, 0.2) is 6.19 Å². The molecule has 1 unspecified atom stereocenters. The minimum absolute atomic E-state index is 0.368. The van der Waals surface area contributed by atoms with Gasteiger partial charge in [-0.05, 0) is 19.4 Å². The molecule has 0 saturated carbocycles. The summed E-state index contributed by atoms with van der Waals surface area (Å²) in [5, 5.41) is 14.4. The summed E-state index contributed by atoms with van der Waals surface area (Å²) in [6.07, 6.45) is 5.57. The molecule has 56 valence electrons. The second kappa shape index (κ2) is 4.13. The van der Waals surface area contributed by atoms with Crippen molar-refractivity contribution >= 4 is 0 Å². The molecule has 0 aliphatic carbocycles. The van der Waals surface area contributed by atoms with Gasteiger partial charge >= 0.3 is 0 Å². The van der Waals surface area contributed by atoms with Crippen LogP contribution in [0.15, 0.2) is 0 Å². The van der Waals surface area contributed by atoms with Gasteiger partial charge in [0.2, 0.25) is 0 Å². The van der Waals surface area contributed by atoms with E-state index in [9.17, 15) is 0 Å². The molecular weight excluding hydrogens is 126 g/mol. The van der Waals surface area contributed by atoms with Crippen molar-refractivity contribution in [2.24, 2.45) is 0 Å². The lowest BCUT2D eigenvalue weighted by Gasteiger charge is -2.10. The largest absolute Gasteiger partial charge is 0.319 e. The monoisotopic (exact) mass is 139 g/mol. The third kappa shape index (κ3) is 2.24. The fourth-order valence-corrected chi connectivity index (χ4v) is 1.23. The van der Waals surface area contributed by atoms with Crippen LogP contribution in [0.3, 0.4) is 0 Å². The highest BCUT2D eigenvalue weighted by Crippen LogP contribution is 2.02. The summed E-state index contributed by atoms with van der Waals surface area (Å²) in [5.41, 5.74) is 0. The molecule has 3 nitrogen and oxygen atoms in total. The Hall–Kier alpha value is -0.750. The Balaban J connectivity index is 2.23. The van der Waals surface area contributed by atoms with Gasteiger partial charge in [-0.15, -0.1) is 0 Å². The number of hydrogen-bond acceptors (Lipinski definition) is 3. The van der Waals surface area contributed by atoms with E-state index in [-0.39, 0.29) is 0 Å². The molecule has 3 heteroatoms. The van der Waals surface area contributed by atoms with Crippen LogP contribution in [0.25, 0.3) is 0 Å². The zero-order valence-corrected chi connectivity index (χ0v) is 6.06. The van der Waals surface area contributed by atoms with E-state index < -0.39 is 0 Å². The summed E-state index contributed by atoms with van der Waals surface area (Å²) >= 11 is 0. The minimum Gasteiger partial charge on any atom is -0.319 e. The molecule has 1 rings (SSSR count). The van der Waals surface area contributed by atoms with Crippen LogP contribution in [-0.4, -0.2) is 19.1 Å². The second-order valence-electron chi connectivity index (χ2n) is 2.65. The zero-order valence-electron chi connectivity index (χ0n) is 6.06. The molecule has 0 amide bonds. The molecule has 0 aromatic rings. The molecule has 0 aromatic heterocycles. The summed E-state index contributed by atoms with van der Waals surface area (Å²) in [4.78, 5) is 0. The van der Waals surface area contributed by atoms with Crippen LogP contribution in [-0.2, 0) is 0 Å². The lowest BCUT2D eigenvalue weighted by Crippen LogP contribution is -2.34. The highest BCUT2D eigenvalue weighted by Gasteiger charge is 2.09. The highest BCUT2D eigenvalue weighted by atomic mass is 15.0. The third-order valence-corrected chi connectivity index (χ3v) is 1.82. The second-order valence-corrected chi connectivity index (χ2v) is 2.65. The summed E-state index contributed by atoms with van der Waals surface area (Å²) in [6.45, 7) is 2.04. The van der Waals surface area contributed by atoms with Crippen molar-refractivity contribution in [3.63, 3.8) is 0 Å². The maximum absolute atomic E-state index is 8.32. The SMILES string of the molecule is N#CNC1CCCCNC1.